The third kappa shape index (κ3) is 2.83. The van der Waals surface area contributed by atoms with E-state index in [2.05, 4.69) is 31.9 Å². The first-order valence-electron chi connectivity index (χ1n) is 8.06. The molecule has 0 aromatic carbocycles. The molecule has 4 rings (SSSR count). The van der Waals surface area contributed by atoms with Crippen LogP contribution < -0.4 is 5.32 Å². The number of nitrogens with zero attached hydrogens (tertiary/aromatic N) is 4. The van der Waals surface area contributed by atoms with Crippen LogP contribution in [0.5, 0.6) is 0 Å². The van der Waals surface area contributed by atoms with Gasteiger partial charge in [0.25, 0.3) is 0 Å². The van der Waals surface area contributed by atoms with E-state index >= 15 is 0 Å². The quantitative estimate of drug-likeness (QED) is 0.916. The zero-order valence-electron chi connectivity index (χ0n) is 13.0. The highest BCUT2D eigenvalue weighted by Gasteiger charge is 2.56. The summed E-state index contributed by atoms with van der Waals surface area (Å²) in [5, 5.41) is 11.1. The van der Waals surface area contributed by atoms with Gasteiger partial charge in [0.05, 0.1) is 12.7 Å². The second-order valence-corrected chi connectivity index (χ2v) is 7.66. The van der Waals surface area contributed by atoms with Crippen LogP contribution >= 0.6 is 11.3 Å². The first-order valence-corrected chi connectivity index (χ1v) is 8.94. The van der Waals surface area contributed by atoms with E-state index in [4.69, 9.17) is 0 Å². The van der Waals surface area contributed by atoms with Gasteiger partial charge in [-0.3, -0.25) is 9.58 Å². The molecule has 2 aromatic heterocycles. The van der Waals surface area contributed by atoms with Crippen molar-refractivity contribution < 1.29 is 0 Å². The zero-order valence-corrected chi connectivity index (χ0v) is 13.9. The standard InChI is InChI=1S/C16H23N5S/c1-20-10-13(9-19-20)11-21(12-15-18-6-7-22-15)14-8-16(14)2-4-17-5-3-16/h6-7,9-10,14,17H,2-5,8,11-12H2,1H3. The maximum atomic E-state index is 4.49. The van der Waals surface area contributed by atoms with Crippen molar-refractivity contribution in [3.05, 3.63) is 34.5 Å². The Hall–Kier alpha value is -1.24. The molecule has 2 aromatic rings. The minimum atomic E-state index is 0.560. The number of rotatable bonds is 5. The minimum Gasteiger partial charge on any atom is -0.317 e. The largest absolute Gasteiger partial charge is 0.317 e. The number of piperidine rings is 1. The fourth-order valence-corrected chi connectivity index (χ4v) is 4.51. The SMILES string of the molecule is Cn1cc(CN(Cc2nccs2)C2CC23CCNCC3)cn1. The van der Waals surface area contributed by atoms with Crippen LogP contribution in [0, 0.1) is 5.41 Å². The third-order valence-electron chi connectivity index (χ3n) is 5.15. The number of hydrogen-bond acceptors (Lipinski definition) is 5. The van der Waals surface area contributed by atoms with Gasteiger partial charge in [0.15, 0.2) is 0 Å². The molecular formula is C16H23N5S. The van der Waals surface area contributed by atoms with Gasteiger partial charge in [0.1, 0.15) is 5.01 Å². The average Bonchev–Trinajstić information content (AvgIpc) is 2.90. The van der Waals surface area contributed by atoms with Crippen molar-refractivity contribution in [2.45, 2.75) is 38.4 Å². The normalized spacial score (nSPS) is 23.3. The third-order valence-corrected chi connectivity index (χ3v) is 5.92. The molecule has 1 saturated carbocycles. The topological polar surface area (TPSA) is 46.0 Å². The first kappa shape index (κ1) is 14.4. The molecule has 1 saturated heterocycles. The van der Waals surface area contributed by atoms with Gasteiger partial charge in [-0.1, -0.05) is 0 Å². The maximum Gasteiger partial charge on any atom is 0.107 e. The van der Waals surface area contributed by atoms with Gasteiger partial charge in [0, 0.05) is 43.0 Å². The predicted molar refractivity (Wildman–Crippen MR) is 87.5 cm³/mol. The Balaban J connectivity index is 1.50. The molecule has 5 nitrogen and oxygen atoms in total. The fourth-order valence-electron chi connectivity index (χ4n) is 3.87. The van der Waals surface area contributed by atoms with Gasteiger partial charge in [-0.15, -0.1) is 11.3 Å². The van der Waals surface area contributed by atoms with Gasteiger partial charge < -0.3 is 5.32 Å². The maximum absolute atomic E-state index is 4.49. The van der Waals surface area contributed by atoms with E-state index in [1.807, 2.05) is 24.1 Å². The number of thiazole rings is 1. The molecule has 2 aliphatic rings. The Kier molecular flexibility index (Phi) is 3.76. The molecule has 118 valence electrons. The Morgan fingerprint density at radius 2 is 2.27 bits per heavy atom. The van der Waals surface area contributed by atoms with Gasteiger partial charge in [-0.25, -0.2) is 4.98 Å². The number of hydrogen-bond donors (Lipinski definition) is 1. The van der Waals surface area contributed by atoms with Gasteiger partial charge >= 0.3 is 0 Å². The van der Waals surface area contributed by atoms with Gasteiger partial charge in [-0.05, 0) is 37.8 Å². The monoisotopic (exact) mass is 317 g/mol. The summed E-state index contributed by atoms with van der Waals surface area (Å²) in [6.07, 6.45) is 10.0. The van der Waals surface area contributed by atoms with Crippen LogP contribution in [0.25, 0.3) is 0 Å². The molecule has 1 spiro atoms. The Morgan fingerprint density at radius 3 is 2.95 bits per heavy atom. The lowest BCUT2D eigenvalue weighted by molar-refractivity contribution is 0.188. The highest BCUT2D eigenvalue weighted by Crippen LogP contribution is 2.56. The highest BCUT2D eigenvalue weighted by molar-refractivity contribution is 7.09. The summed E-state index contributed by atoms with van der Waals surface area (Å²) in [5.74, 6) is 0. The van der Waals surface area contributed by atoms with Crippen LogP contribution in [-0.4, -0.2) is 38.8 Å². The van der Waals surface area contributed by atoms with E-state index in [1.165, 1.54) is 42.9 Å². The van der Waals surface area contributed by atoms with E-state index in [1.54, 1.807) is 11.3 Å². The van der Waals surface area contributed by atoms with Crippen molar-refractivity contribution >= 4 is 11.3 Å². The first-order chi connectivity index (χ1) is 10.8. The lowest BCUT2D eigenvalue weighted by Gasteiger charge is -2.28. The molecule has 6 heteroatoms. The molecule has 1 unspecified atom stereocenters. The predicted octanol–water partition coefficient (Wildman–Crippen LogP) is 2.02. The van der Waals surface area contributed by atoms with Gasteiger partial charge in [-0.2, -0.15) is 5.10 Å². The summed E-state index contributed by atoms with van der Waals surface area (Å²) in [6, 6.07) is 0.707. The lowest BCUT2D eigenvalue weighted by Crippen LogP contribution is -2.35. The van der Waals surface area contributed by atoms with Crippen LogP contribution in [-0.2, 0) is 20.1 Å². The highest BCUT2D eigenvalue weighted by atomic mass is 32.1. The molecular weight excluding hydrogens is 294 g/mol. The fraction of sp³-hybridized carbons (Fsp3) is 0.625. The molecule has 3 heterocycles. The molecule has 1 aliphatic heterocycles. The average molecular weight is 317 g/mol. The summed E-state index contributed by atoms with van der Waals surface area (Å²) in [6.45, 7) is 4.29. The smallest absolute Gasteiger partial charge is 0.107 e. The molecule has 22 heavy (non-hydrogen) atoms. The second kappa shape index (κ2) is 5.76. The summed E-state index contributed by atoms with van der Waals surface area (Å²) < 4.78 is 1.89. The molecule has 0 bridgehead atoms. The Morgan fingerprint density at radius 1 is 1.41 bits per heavy atom. The number of aryl methyl sites for hydroxylation is 1. The number of nitrogens with one attached hydrogen (secondary N) is 1. The van der Waals surface area contributed by atoms with Crippen molar-refractivity contribution in [1.29, 1.82) is 0 Å². The van der Waals surface area contributed by atoms with Crippen LogP contribution in [0.1, 0.15) is 29.8 Å². The molecule has 0 radical (unpaired) electrons. The lowest BCUT2D eigenvalue weighted by atomic mass is 9.93. The van der Waals surface area contributed by atoms with Gasteiger partial charge in [0.2, 0.25) is 0 Å². The van der Waals surface area contributed by atoms with Crippen LogP contribution in [0.4, 0.5) is 0 Å². The van der Waals surface area contributed by atoms with E-state index in [0.717, 1.165) is 13.1 Å². The molecule has 2 fully saturated rings. The van der Waals surface area contributed by atoms with E-state index in [9.17, 15) is 0 Å². The minimum absolute atomic E-state index is 0.560. The number of aromatic nitrogens is 3. The summed E-state index contributed by atoms with van der Waals surface area (Å²) in [5.41, 5.74) is 1.86. The molecule has 1 N–H and O–H groups in total. The van der Waals surface area contributed by atoms with Crippen LogP contribution in [0.3, 0.4) is 0 Å². The van der Waals surface area contributed by atoms with Crippen LogP contribution in [0.2, 0.25) is 0 Å². The van der Waals surface area contributed by atoms with E-state index in [-0.39, 0.29) is 0 Å². The summed E-state index contributed by atoms with van der Waals surface area (Å²) in [7, 11) is 1.99. The summed E-state index contributed by atoms with van der Waals surface area (Å²) >= 11 is 1.76. The second-order valence-electron chi connectivity index (χ2n) is 6.69. The molecule has 1 aliphatic carbocycles. The zero-order chi connectivity index (χ0) is 15.0. The van der Waals surface area contributed by atoms with Crippen molar-refractivity contribution in [3.63, 3.8) is 0 Å². The van der Waals surface area contributed by atoms with Crippen molar-refractivity contribution in [2.24, 2.45) is 12.5 Å². The van der Waals surface area contributed by atoms with Crippen molar-refractivity contribution in [1.82, 2.24) is 25.0 Å². The summed E-state index contributed by atoms with van der Waals surface area (Å²) in [4.78, 5) is 7.12. The van der Waals surface area contributed by atoms with Crippen molar-refractivity contribution in [3.8, 4) is 0 Å². The van der Waals surface area contributed by atoms with E-state index in [0.29, 0.717) is 11.5 Å². The molecule has 1 atom stereocenters. The van der Waals surface area contributed by atoms with E-state index < -0.39 is 0 Å². The molecule has 0 amide bonds. The Labute approximate surface area is 135 Å². The van der Waals surface area contributed by atoms with Crippen molar-refractivity contribution in [2.75, 3.05) is 13.1 Å². The van der Waals surface area contributed by atoms with Crippen LogP contribution in [0.15, 0.2) is 24.0 Å². The Bertz CT molecular complexity index is 614.